The lowest BCUT2D eigenvalue weighted by Crippen LogP contribution is -2.38. The lowest BCUT2D eigenvalue weighted by atomic mass is 10.0. The van der Waals surface area contributed by atoms with Crippen LogP contribution in [0.3, 0.4) is 0 Å². The summed E-state index contributed by atoms with van der Waals surface area (Å²) < 4.78 is 5.79. The summed E-state index contributed by atoms with van der Waals surface area (Å²) >= 11 is 0. The maximum absolute atomic E-state index is 13.3. The van der Waals surface area contributed by atoms with Gasteiger partial charge in [-0.25, -0.2) is 9.97 Å². The Hall–Kier alpha value is -4.20. The summed E-state index contributed by atoms with van der Waals surface area (Å²) in [6.07, 6.45) is 4.41. The molecule has 1 atom stereocenters. The third-order valence-electron chi connectivity index (χ3n) is 5.54. The fourth-order valence-corrected chi connectivity index (χ4v) is 3.87. The first kappa shape index (κ1) is 22.0. The molecule has 1 aliphatic rings. The van der Waals surface area contributed by atoms with Crippen LogP contribution in [0.25, 0.3) is 0 Å². The highest BCUT2D eigenvalue weighted by atomic mass is 16.5. The number of likely N-dealkylation sites (tertiary alicyclic amines) is 1. The molecule has 0 bridgehead atoms. The van der Waals surface area contributed by atoms with E-state index in [0.29, 0.717) is 36.0 Å². The number of anilines is 2. The summed E-state index contributed by atoms with van der Waals surface area (Å²) in [6, 6.07) is 16.2. The number of nitrogens with one attached hydrogen (secondary N) is 1. The first-order valence-corrected chi connectivity index (χ1v) is 10.7. The molecule has 4 rings (SSSR count). The number of carbonyl (C=O) groups excluding carboxylic acids is 2. The van der Waals surface area contributed by atoms with E-state index in [1.54, 1.807) is 29.2 Å². The maximum atomic E-state index is 13.3. The van der Waals surface area contributed by atoms with Crippen molar-refractivity contribution >= 4 is 23.3 Å². The second-order valence-electron chi connectivity index (χ2n) is 7.66. The SMILES string of the molecule is C=CC(=O)N1CCC[C@H]1CNc1ncnc(N)c1C(=O)c1ccc(Oc2ccccc2)cc1. The van der Waals surface area contributed by atoms with Crippen molar-refractivity contribution in [3.63, 3.8) is 0 Å². The van der Waals surface area contributed by atoms with Gasteiger partial charge in [0.05, 0.1) is 0 Å². The number of benzene rings is 2. The highest BCUT2D eigenvalue weighted by Gasteiger charge is 2.28. The number of ether oxygens (including phenoxy) is 1. The number of aromatic nitrogens is 2. The fourth-order valence-electron chi connectivity index (χ4n) is 3.87. The maximum Gasteiger partial charge on any atom is 0.246 e. The first-order valence-electron chi connectivity index (χ1n) is 10.7. The Bertz CT molecular complexity index is 1150. The smallest absolute Gasteiger partial charge is 0.246 e. The average Bonchev–Trinajstić information content (AvgIpc) is 3.32. The molecule has 8 heteroatoms. The molecule has 0 radical (unpaired) electrons. The molecule has 3 N–H and O–H groups in total. The van der Waals surface area contributed by atoms with Crippen molar-refractivity contribution in [2.24, 2.45) is 0 Å². The minimum absolute atomic E-state index is 0.0101. The predicted molar refractivity (Wildman–Crippen MR) is 126 cm³/mol. The normalized spacial score (nSPS) is 15.2. The van der Waals surface area contributed by atoms with Gasteiger partial charge in [0.15, 0.2) is 5.78 Å². The van der Waals surface area contributed by atoms with Gasteiger partial charge in [-0.3, -0.25) is 9.59 Å². The average molecular weight is 444 g/mol. The van der Waals surface area contributed by atoms with E-state index in [9.17, 15) is 9.59 Å². The topological polar surface area (TPSA) is 110 Å². The molecule has 2 heterocycles. The number of nitrogen functional groups attached to an aromatic ring is 1. The Morgan fingerprint density at radius 2 is 1.85 bits per heavy atom. The summed E-state index contributed by atoms with van der Waals surface area (Å²) in [6.45, 7) is 4.70. The molecular weight excluding hydrogens is 418 g/mol. The van der Waals surface area contributed by atoms with Gasteiger partial charge in [-0.15, -0.1) is 0 Å². The van der Waals surface area contributed by atoms with Crippen LogP contribution in [0, 0.1) is 0 Å². The highest BCUT2D eigenvalue weighted by Crippen LogP contribution is 2.26. The largest absolute Gasteiger partial charge is 0.457 e. The van der Waals surface area contributed by atoms with Crippen LogP contribution in [0.1, 0.15) is 28.8 Å². The van der Waals surface area contributed by atoms with E-state index in [-0.39, 0.29) is 29.1 Å². The summed E-state index contributed by atoms with van der Waals surface area (Å²) in [4.78, 5) is 35.3. The number of hydrogen-bond donors (Lipinski definition) is 2. The number of carbonyl (C=O) groups is 2. The van der Waals surface area contributed by atoms with E-state index < -0.39 is 0 Å². The van der Waals surface area contributed by atoms with E-state index >= 15 is 0 Å². The van der Waals surface area contributed by atoms with E-state index in [4.69, 9.17) is 10.5 Å². The predicted octanol–water partition coefficient (Wildman–Crippen LogP) is 3.67. The minimum atomic E-state index is -0.299. The number of amides is 1. The zero-order valence-electron chi connectivity index (χ0n) is 18.1. The van der Waals surface area contributed by atoms with Gasteiger partial charge in [0.25, 0.3) is 0 Å². The molecule has 8 nitrogen and oxygen atoms in total. The van der Waals surface area contributed by atoms with Crippen LogP contribution in [0.4, 0.5) is 11.6 Å². The number of rotatable bonds is 8. The Labute approximate surface area is 192 Å². The van der Waals surface area contributed by atoms with Gasteiger partial charge in [0.2, 0.25) is 5.91 Å². The molecule has 1 aliphatic heterocycles. The second-order valence-corrected chi connectivity index (χ2v) is 7.66. The molecule has 1 fully saturated rings. The molecule has 168 valence electrons. The molecule has 33 heavy (non-hydrogen) atoms. The zero-order valence-corrected chi connectivity index (χ0v) is 18.1. The summed E-state index contributed by atoms with van der Waals surface area (Å²) in [5, 5.41) is 3.19. The van der Waals surface area contributed by atoms with Gasteiger partial charge in [-0.05, 0) is 55.3 Å². The molecule has 2 aromatic carbocycles. The number of nitrogens with zero attached hydrogens (tertiary/aromatic N) is 3. The van der Waals surface area contributed by atoms with Crippen molar-refractivity contribution in [2.75, 3.05) is 24.1 Å². The van der Waals surface area contributed by atoms with Gasteiger partial charge in [-0.1, -0.05) is 24.8 Å². The molecule has 0 saturated carbocycles. The molecule has 1 amide bonds. The van der Waals surface area contributed by atoms with E-state index in [2.05, 4.69) is 21.9 Å². The molecule has 0 aliphatic carbocycles. The number of ketones is 1. The minimum Gasteiger partial charge on any atom is -0.457 e. The molecular formula is C25H25N5O3. The molecule has 1 saturated heterocycles. The first-order chi connectivity index (χ1) is 16.1. The quantitative estimate of drug-likeness (QED) is 0.404. The third-order valence-corrected chi connectivity index (χ3v) is 5.54. The van der Waals surface area contributed by atoms with Crippen LogP contribution in [0.2, 0.25) is 0 Å². The zero-order chi connectivity index (χ0) is 23.2. The fraction of sp³-hybridized carbons (Fsp3) is 0.200. The van der Waals surface area contributed by atoms with Crippen molar-refractivity contribution in [3.05, 3.63) is 84.7 Å². The van der Waals surface area contributed by atoms with Crippen molar-refractivity contribution in [3.8, 4) is 11.5 Å². The number of hydrogen-bond acceptors (Lipinski definition) is 7. The van der Waals surface area contributed by atoms with E-state index in [0.717, 1.165) is 12.8 Å². The summed E-state index contributed by atoms with van der Waals surface area (Å²) in [7, 11) is 0. The second kappa shape index (κ2) is 9.95. The van der Waals surface area contributed by atoms with Crippen molar-refractivity contribution in [1.82, 2.24) is 14.9 Å². The van der Waals surface area contributed by atoms with E-state index in [1.165, 1.54) is 12.4 Å². The Kier molecular flexibility index (Phi) is 6.64. The van der Waals surface area contributed by atoms with Gasteiger partial charge in [-0.2, -0.15) is 0 Å². The van der Waals surface area contributed by atoms with Gasteiger partial charge in [0.1, 0.15) is 35.0 Å². The molecule has 0 unspecified atom stereocenters. The van der Waals surface area contributed by atoms with Crippen molar-refractivity contribution in [1.29, 1.82) is 0 Å². The monoisotopic (exact) mass is 443 g/mol. The van der Waals surface area contributed by atoms with Crippen LogP contribution in [0.15, 0.2) is 73.6 Å². The van der Waals surface area contributed by atoms with Gasteiger partial charge in [0, 0.05) is 24.7 Å². The van der Waals surface area contributed by atoms with Crippen LogP contribution in [-0.4, -0.2) is 45.7 Å². The van der Waals surface area contributed by atoms with Gasteiger partial charge >= 0.3 is 0 Å². The number of nitrogens with two attached hydrogens (primary N) is 1. The Balaban J connectivity index is 1.50. The summed E-state index contributed by atoms with van der Waals surface area (Å²) in [5.74, 6) is 1.35. The Morgan fingerprint density at radius 3 is 2.58 bits per heavy atom. The lowest BCUT2D eigenvalue weighted by molar-refractivity contribution is -0.126. The summed E-state index contributed by atoms with van der Waals surface area (Å²) in [5.41, 5.74) is 6.70. The van der Waals surface area contributed by atoms with Crippen molar-refractivity contribution < 1.29 is 14.3 Å². The van der Waals surface area contributed by atoms with Gasteiger partial charge < -0.3 is 20.7 Å². The van der Waals surface area contributed by atoms with Crippen LogP contribution >= 0.6 is 0 Å². The molecule has 0 spiro atoms. The number of para-hydroxylation sites is 1. The van der Waals surface area contributed by atoms with Crippen LogP contribution in [0.5, 0.6) is 11.5 Å². The third kappa shape index (κ3) is 5.01. The lowest BCUT2D eigenvalue weighted by Gasteiger charge is -2.24. The van der Waals surface area contributed by atoms with E-state index in [1.807, 2.05) is 30.3 Å². The standard InChI is InChI=1S/C25H25N5O3/c1-2-21(31)30-14-6-7-18(30)15-27-25-22(24(26)28-16-29-25)23(32)17-10-12-20(13-11-17)33-19-8-4-3-5-9-19/h2-5,8-13,16,18H,1,6-7,14-15H2,(H3,26,27,28,29)/t18-/m0/s1. The van der Waals surface area contributed by atoms with Crippen LogP contribution in [-0.2, 0) is 4.79 Å². The van der Waals surface area contributed by atoms with Crippen LogP contribution < -0.4 is 15.8 Å². The Morgan fingerprint density at radius 1 is 1.12 bits per heavy atom. The molecule has 1 aromatic heterocycles. The molecule has 3 aromatic rings. The highest BCUT2D eigenvalue weighted by molar-refractivity contribution is 6.14. The van der Waals surface area contributed by atoms with Crippen molar-refractivity contribution in [2.45, 2.75) is 18.9 Å².